The third-order valence-electron chi connectivity index (χ3n) is 8.47. The first kappa shape index (κ1) is 22.1. The number of hydrogen-bond donors (Lipinski definition) is 0. The van der Waals surface area contributed by atoms with Gasteiger partial charge in [-0.25, -0.2) is 4.85 Å². The lowest BCUT2D eigenvalue weighted by Crippen LogP contribution is -2.32. The molecule has 0 saturated heterocycles. The Morgan fingerprint density at radius 2 is 1.44 bits per heavy atom. The number of para-hydroxylation sites is 2. The summed E-state index contributed by atoms with van der Waals surface area (Å²) in [6, 6.07) is 30.8. The van der Waals surface area contributed by atoms with Crippen molar-refractivity contribution in [1.82, 2.24) is 19.5 Å². The van der Waals surface area contributed by atoms with Crippen molar-refractivity contribution < 1.29 is 4.74 Å². The average Bonchev–Trinajstić information content (AvgIpc) is 3.52. The molecule has 1 spiro atoms. The van der Waals surface area contributed by atoms with Crippen LogP contribution in [0.5, 0.6) is 11.5 Å². The first-order valence-electron chi connectivity index (χ1n) is 13.4. The molecule has 0 unspecified atom stereocenters. The molecule has 0 N–H and O–H groups in total. The Kier molecular flexibility index (Phi) is 4.24. The number of rotatable bonds is 1. The van der Waals surface area contributed by atoms with E-state index in [0.717, 1.165) is 72.6 Å². The molecule has 5 heterocycles. The second-order valence-corrected chi connectivity index (χ2v) is 10.3. The lowest BCUT2D eigenvalue weighted by molar-refractivity contribution is 0.434. The van der Waals surface area contributed by atoms with Gasteiger partial charge in [-0.2, -0.15) is 0 Å². The van der Waals surface area contributed by atoms with Gasteiger partial charge >= 0.3 is 0 Å². The maximum absolute atomic E-state index is 7.58. The summed E-state index contributed by atoms with van der Waals surface area (Å²) in [6.07, 6.45) is 7.35. The Balaban J connectivity index is 1.44. The van der Waals surface area contributed by atoms with E-state index >= 15 is 0 Å². The van der Waals surface area contributed by atoms with Crippen molar-refractivity contribution in [2.45, 2.75) is 5.41 Å². The van der Waals surface area contributed by atoms with Gasteiger partial charge in [0.25, 0.3) is 0 Å². The van der Waals surface area contributed by atoms with Crippen LogP contribution in [0.2, 0.25) is 0 Å². The van der Waals surface area contributed by atoms with Gasteiger partial charge < -0.3 is 9.30 Å². The Morgan fingerprint density at radius 3 is 2.24 bits per heavy atom. The highest BCUT2D eigenvalue weighted by Gasteiger charge is 2.52. The SMILES string of the molecule is [C-]#[N+]c1ccc2c(c1)c1ccncc1n2-c1cccc2c1Oc1ccccc1C21c2cccnc2-c2ncccc21. The number of ether oxygens (including phenoxy) is 1. The minimum atomic E-state index is -0.651. The van der Waals surface area contributed by atoms with E-state index in [1.807, 2.05) is 67.1 Å². The smallest absolute Gasteiger partial charge is 0.188 e. The predicted octanol–water partition coefficient (Wildman–Crippen LogP) is 7.99. The molecule has 3 aromatic carbocycles. The van der Waals surface area contributed by atoms with Gasteiger partial charge in [-0.3, -0.25) is 15.0 Å². The highest BCUT2D eigenvalue weighted by molar-refractivity contribution is 6.10. The maximum Gasteiger partial charge on any atom is 0.188 e. The summed E-state index contributed by atoms with van der Waals surface area (Å²) in [5.41, 5.74) is 8.86. The summed E-state index contributed by atoms with van der Waals surface area (Å²) in [6.45, 7) is 7.58. The number of pyridine rings is 3. The van der Waals surface area contributed by atoms with Crippen LogP contribution in [0.3, 0.4) is 0 Å². The predicted molar refractivity (Wildman–Crippen MR) is 158 cm³/mol. The van der Waals surface area contributed by atoms with E-state index in [1.165, 1.54) is 0 Å². The maximum atomic E-state index is 7.58. The minimum absolute atomic E-state index is 0.603. The van der Waals surface area contributed by atoms with Crippen molar-refractivity contribution in [1.29, 1.82) is 0 Å². The number of nitrogens with zero attached hydrogens (tertiary/aromatic N) is 5. The lowest BCUT2D eigenvalue weighted by Gasteiger charge is -2.39. The van der Waals surface area contributed by atoms with Crippen molar-refractivity contribution in [3.8, 4) is 28.6 Å². The van der Waals surface area contributed by atoms with Crippen LogP contribution < -0.4 is 4.74 Å². The van der Waals surface area contributed by atoms with Crippen LogP contribution in [0, 0.1) is 6.57 Å². The number of hydrogen-bond acceptors (Lipinski definition) is 4. The first-order valence-corrected chi connectivity index (χ1v) is 13.4. The zero-order chi connectivity index (χ0) is 27.1. The molecule has 9 rings (SSSR count). The molecule has 0 amide bonds. The molecule has 0 bridgehead atoms. The fourth-order valence-corrected chi connectivity index (χ4v) is 6.93. The van der Waals surface area contributed by atoms with E-state index in [-0.39, 0.29) is 0 Å². The molecular formula is C35H19N5O. The molecule has 6 nitrogen and oxygen atoms in total. The van der Waals surface area contributed by atoms with Gasteiger partial charge in [-0.15, -0.1) is 0 Å². The topological polar surface area (TPSA) is 57.2 Å². The van der Waals surface area contributed by atoms with Crippen molar-refractivity contribution in [3.63, 3.8) is 0 Å². The highest BCUT2D eigenvalue weighted by Crippen LogP contribution is 2.62. The van der Waals surface area contributed by atoms with E-state index in [9.17, 15) is 0 Å². The van der Waals surface area contributed by atoms with E-state index in [2.05, 4.69) is 56.9 Å². The van der Waals surface area contributed by atoms with Gasteiger partial charge in [0.1, 0.15) is 5.75 Å². The van der Waals surface area contributed by atoms with E-state index in [1.54, 1.807) is 6.20 Å². The summed E-state index contributed by atoms with van der Waals surface area (Å²) in [5, 5.41) is 2.04. The molecule has 0 fully saturated rings. The summed E-state index contributed by atoms with van der Waals surface area (Å²) >= 11 is 0. The van der Waals surface area contributed by atoms with Crippen LogP contribution in [-0.4, -0.2) is 19.5 Å². The average molecular weight is 526 g/mol. The lowest BCUT2D eigenvalue weighted by atomic mass is 9.66. The molecule has 2 aliphatic rings. The van der Waals surface area contributed by atoms with Crippen LogP contribution >= 0.6 is 0 Å². The molecule has 6 heteroatoms. The highest BCUT2D eigenvalue weighted by atomic mass is 16.5. The van der Waals surface area contributed by atoms with Crippen molar-refractivity contribution >= 4 is 27.5 Å². The summed E-state index contributed by atoms with van der Waals surface area (Å²) in [5.74, 6) is 1.57. The molecule has 7 aromatic rings. The zero-order valence-electron chi connectivity index (χ0n) is 21.6. The van der Waals surface area contributed by atoms with Crippen LogP contribution in [-0.2, 0) is 5.41 Å². The fourth-order valence-electron chi connectivity index (χ4n) is 6.93. The van der Waals surface area contributed by atoms with Gasteiger partial charge in [-0.1, -0.05) is 48.5 Å². The molecule has 4 aromatic heterocycles. The second-order valence-electron chi connectivity index (χ2n) is 10.3. The van der Waals surface area contributed by atoms with Crippen molar-refractivity contribution in [3.05, 3.63) is 149 Å². The number of fused-ring (bicyclic) bond motifs is 12. The summed E-state index contributed by atoms with van der Waals surface area (Å²) < 4.78 is 9.06. The van der Waals surface area contributed by atoms with Gasteiger partial charge in [0.15, 0.2) is 11.4 Å². The summed E-state index contributed by atoms with van der Waals surface area (Å²) in [4.78, 5) is 17.8. The molecule has 0 saturated carbocycles. The molecule has 41 heavy (non-hydrogen) atoms. The Hall–Kier alpha value is -5.80. The standard InChI is InChI=1S/C35H19N5O/c1-36-21-13-14-28-23(19-21)22-15-18-37-20-30(22)40(28)29-11-4-8-27-34(29)41-31-12-3-2-7-24(31)35(27)25-9-5-16-38-32(25)33-26(35)10-6-17-39-33/h2-20H. The molecule has 190 valence electrons. The van der Waals surface area contributed by atoms with Crippen LogP contribution in [0.1, 0.15) is 22.3 Å². The van der Waals surface area contributed by atoms with Crippen LogP contribution in [0.4, 0.5) is 5.69 Å². The van der Waals surface area contributed by atoms with Crippen molar-refractivity contribution in [2.24, 2.45) is 0 Å². The quantitative estimate of drug-likeness (QED) is 0.204. The fraction of sp³-hybridized carbons (Fsp3) is 0.0286. The Morgan fingerprint density at radius 1 is 0.683 bits per heavy atom. The Labute approximate surface area is 235 Å². The molecule has 0 atom stereocenters. The van der Waals surface area contributed by atoms with E-state index < -0.39 is 5.41 Å². The molecule has 0 radical (unpaired) electrons. The minimum Gasteiger partial charge on any atom is -0.454 e. The zero-order valence-corrected chi connectivity index (χ0v) is 21.6. The van der Waals surface area contributed by atoms with E-state index in [0.29, 0.717) is 5.69 Å². The molecule has 1 aliphatic heterocycles. The third kappa shape index (κ3) is 2.67. The van der Waals surface area contributed by atoms with Crippen LogP contribution in [0.25, 0.3) is 43.7 Å². The van der Waals surface area contributed by atoms with Gasteiger partial charge in [0, 0.05) is 35.1 Å². The Bertz CT molecular complexity index is 2230. The molecule has 1 aliphatic carbocycles. The second kappa shape index (κ2) is 7.87. The first-order chi connectivity index (χ1) is 20.3. The van der Waals surface area contributed by atoms with Gasteiger partial charge in [-0.05, 0) is 59.0 Å². The van der Waals surface area contributed by atoms with Gasteiger partial charge in [0.2, 0.25) is 0 Å². The normalized spacial score (nSPS) is 13.7. The number of benzene rings is 3. The largest absolute Gasteiger partial charge is 0.454 e. The monoisotopic (exact) mass is 525 g/mol. The van der Waals surface area contributed by atoms with Crippen LogP contribution in [0.15, 0.2) is 116 Å². The van der Waals surface area contributed by atoms with E-state index in [4.69, 9.17) is 21.3 Å². The van der Waals surface area contributed by atoms with Crippen molar-refractivity contribution in [2.75, 3.05) is 0 Å². The summed E-state index contributed by atoms with van der Waals surface area (Å²) in [7, 11) is 0. The molecular weight excluding hydrogens is 506 g/mol. The number of aromatic nitrogens is 4. The third-order valence-corrected chi connectivity index (χ3v) is 8.47. The van der Waals surface area contributed by atoms with Gasteiger partial charge in [0.05, 0.1) is 46.3 Å².